The van der Waals surface area contributed by atoms with Gasteiger partial charge in [0.1, 0.15) is 11.4 Å². The molecule has 3 rings (SSSR count). The van der Waals surface area contributed by atoms with Gasteiger partial charge < -0.3 is 14.9 Å². The van der Waals surface area contributed by atoms with E-state index in [1.165, 1.54) is 6.20 Å². The zero-order chi connectivity index (χ0) is 17.8. The minimum Gasteiger partial charge on any atom is -0.346 e. The van der Waals surface area contributed by atoms with E-state index in [0.29, 0.717) is 12.4 Å². The molecule has 0 unspecified atom stereocenters. The van der Waals surface area contributed by atoms with Crippen LogP contribution in [-0.4, -0.2) is 25.4 Å². The van der Waals surface area contributed by atoms with Gasteiger partial charge in [-0.3, -0.25) is 9.59 Å². The second-order valence-electron chi connectivity index (χ2n) is 5.69. The van der Waals surface area contributed by atoms with E-state index in [0.717, 1.165) is 23.4 Å². The Morgan fingerprint density at radius 3 is 2.68 bits per heavy atom. The van der Waals surface area contributed by atoms with Gasteiger partial charge in [-0.05, 0) is 13.8 Å². The molecule has 0 saturated heterocycles. The number of hydrogen-bond donors (Lipinski definition) is 2. The fourth-order valence-electron chi connectivity index (χ4n) is 2.46. The number of carbonyl (C=O) groups excluding carboxylic acids is 1. The lowest BCUT2D eigenvalue weighted by Crippen LogP contribution is -2.30. The Morgan fingerprint density at radius 2 is 2.00 bits per heavy atom. The molecule has 0 radical (unpaired) electrons. The first-order valence-electron chi connectivity index (χ1n) is 8.02. The van der Waals surface area contributed by atoms with E-state index < -0.39 is 11.5 Å². The Labute approximate surface area is 144 Å². The number of aryl methyl sites for hydroxylation is 2. The third kappa shape index (κ3) is 3.65. The fourth-order valence-corrected chi connectivity index (χ4v) is 2.46. The van der Waals surface area contributed by atoms with Gasteiger partial charge in [-0.15, -0.1) is 0 Å². The van der Waals surface area contributed by atoms with E-state index in [1.807, 2.05) is 42.7 Å². The summed E-state index contributed by atoms with van der Waals surface area (Å²) in [4.78, 5) is 35.4. The number of nitrogens with zero attached hydrogens (tertiary/aromatic N) is 3. The first kappa shape index (κ1) is 16.6. The van der Waals surface area contributed by atoms with Crippen molar-refractivity contribution in [3.8, 4) is 11.4 Å². The number of benzene rings is 1. The SMILES string of the molecule is CCn1cncc1CNC(=O)c1cnc(-c2ccc(C)cc2)[nH]c1=O. The van der Waals surface area contributed by atoms with Crippen molar-refractivity contribution < 1.29 is 4.79 Å². The number of rotatable bonds is 5. The van der Waals surface area contributed by atoms with E-state index in [2.05, 4.69) is 20.3 Å². The van der Waals surface area contributed by atoms with Crippen molar-refractivity contribution in [2.75, 3.05) is 0 Å². The maximum atomic E-state index is 12.3. The standard InChI is InChI=1S/C18H19N5O2/c1-3-23-11-19-8-14(23)9-21-17(24)15-10-20-16(22-18(15)25)13-6-4-12(2)5-7-13/h4-8,10-11H,3,9H2,1-2H3,(H,21,24)(H,20,22,25). The molecule has 0 aliphatic heterocycles. The fraction of sp³-hybridized carbons (Fsp3) is 0.222. The predicted molar refractivity (Wildman–Crippen MR) is 94.1 cm³/mol. The molecule has 128 valence electrons. The topological polar surface area (TPSA) is 92.7 Å². The van der Waals surface area contributed by atoms with Gasteiger partial charge in [0.2, 0.25) is 0 Å². The summed E-state index contributed by atoms with van der Waals surface area (Å²) in [5.74, 6) is -0.0290. The average Bonchev–Trinajstić information content (AvgIpc) is 3.08. The highest BCUT2D eigenvalue weighted by molar-refractivity contribution is 5.93. The van der Waals surface area contributed by atoms with Crippen molar-refractivity contribution in [1.29, 1.82) is 0 Å². The molecule has 25 heavy (non-hydrogen) atoms. The van der Waals surface area contributed by atoms with Crippen molar-refractivity contribution in [3.63, 3.8) is 0 Å². The summed E-state index contributed by atoms with van der Waals surface area (Å²) >= 11 is 0. The van der Waals surface area contributed by atoms with Crippen LogP contribution < -0.4 is 10.9 Å². The van der Waals surface area contributed by atoms with Crippen molar-refractivity contribution in [1.82, 2.24) is 24.8 Å². The molecule has 2 heterocycles. The number of carbonyl (C=O) groups is 1. The summed E-state index contributed by atoms with van der Waals surface area (Å²) in [6.45, 7) is 5.04. The minimum atomic E-state index is -0.466. The highest BCUT2D eigenvalue weighted by Gasteiger charge is 2.13. The van der Waals surface area contributed by atoms with Gasteiger partial charge in [-0.1, -0.05) is 29.8 Å². The first-order valence-corrected chi connectivity index (χ1v) is 8.02. The lowest BCUT2D eigenvalue weighted by atomic mass is 10.1. The second-order valence-corrected chi connectivity index (χ2v) is 5.69. The average molecular weight is 337 g/mol. The maximum Gasteiger partial charge on any atom is 0.264 e. The quantitative estimate of drug-likeness (QED) is 0.743. The highest BCUT2D eigenvalue weighted by Crippen LogP contribution is 2.13. The van der Waals surface area contributed by atoms with Crippen molar-refractivity contribution in [3.05, 3.63) is 70.2 Å². The van der Waals surface area contributed by atoms with Gasteiger partial charge in [0, 0.05) is 24.5 Å². The Morgan fingerprint density at radius 1 is 1.24 bits per heavy atom. The molecule has 0 fully saturated rings. The molecule has 2 aromatic heterocycles. The number of nitrogens with one attached hydrogen (secondary N) is 2. The second kappa shape index (κ2) is 7.12. The summed E-state index contributed by atoms with van der Waals surface area (Å²) in [6, 6.07) is 7.62. The van der Waals surface area contributed by atoms with E-state index in [9.17, 15) is 9.59 Å². The molecular formula is C18H19N5O2. The van der Waals surface area contributed by atoms with Crippen LogP contribution in [0.1, 0.15) is 28.5 Å². The molecule has 2 N–H and O–H groups in total. The summed E-state index contributed by atoms with van der Waals surface area (Å²) in [5, 5.41) is 2.72. The molecular weight excluding hydrogens is 318 g/mol. The van der Waals surface area contributed by atoms with Crippen LogP contribution in [0.25, 0.3) is 11.4 Å². The molecule has 0 bridgehead atoms. The Hall–Kier alpha value is -3.22. The van der Waals surface area contributed by atoms with Crippen LogP contribution in [0.4, 0.5) is 0 Å². The van der Waals surface area contributed by atoms with Crippen molar-refractivity contribution >= 4 is 5.91 Å². The number of H-pyrrole nitrogens is 1. The van der Waals surface area contributed by atoms with E-state index >= 15 is 0 Å². The summed E-state index contributed by atoms with van der Waals surface area (Å²) < 4.78 is 1.92. The van der Waals surface area contributed by atoms with Crippen LogP contribution in [0.3, 0.4) is 0 Å². The van der Waals surface area contributed by atoms with Crippen LogP contribution in [0.15, 0.2) is 47.8 Å². The molecule has 0 aliphatic rings. The largest absolute Gasteiger partial charge is 0.346 e. The van der Waals surface area contributed by atoms with Gasteiger partial charge in [0.25, 0.3) is 11.5 Å². The molecule has 7 nitrogen and oxygen atoms in total. The van der Waals surface area contributed by atoms with E-state index in [-0.39, 0.29) is 5.56 Å². The lowest BCUT2D eigenvalue weighted by Gasteiger charge is -2.07. The highest BCUT2D eigenvalue weighted by atomic mass is 16.2. The third-order valence-electron chi connectivity index (χ3n) is 3.94. The minimum absolute atomic E-state index is 0.0153. The summed E-state index contributed by atoms with van der Waals surface area (Å²) in [6.07, 6.45) is 4.69. The molecule has 3 aromatic rings. The lowest BCUT2D eigenvalue weighted by molar-refractivity contribution is 0.0948. The van der Waals surface area contributed by atoms with Crippen LogP contribution in [0.2, 0.25) is 0 Å². The molecule has 1 amide bonds. The molecule has 0 atom stereocenters. The zero-order valence-corrected chi connectivity index (χ0v) is 14.1. The Balaban J connectivity index is 1.75. The smallest absolute Gasteiger partial charge is 0.264 e. The van der Waals surface area contributed by atoms with Gasteiger partial charge in [0.15, 0.2) is 0 Å². The molecule has 7 heteroatoms. The number of amides is 1. The van der Waals surface area contributed by atoms with Gasteiger partial charge in [0.05, 0.1) is 18.6 Å². The van der Waals surface area contributed by atoms with E-state index in [4.69, 9.17) is 0 Å². The number of aromatic amines is 1. The molecule has 0 spiro atoms. The van der Waals surface area contributed by atoms with Crippen LogP contribution in [-0.2, 0) is 13.1 Å². The van der Waals surface area contributed by atoms with Crippen LogP contribution >= 0.6 is 0 Å². The van der Waals surface area contributed by atoms with E-state index in [1.54, 1.807) is 12.5 Å². The van der Waals surface area contributed by atoms with Crippen molar-refractivity contribution in [2.45, 2.75) is 26.9 Å². The number of aromatic nitrogens is 4. The monoisotopic (exact) mass is 337 g/mol. The van der Waals surface area contributed by atoms with Crippen LogP contribution in [0, 0.1) is 6.92 Å². The van der Waals surface area contributed by atoms with Crippen molar-refractivity contribution in [2.24, 2.45) is 0 Å². The molecule has 0 saturated carbocycles. The Bertz CT molecular complexity index is 941. The maximum absolute atomic E-state index is 12.3. The van der Waals surface area contributed by atoms with Gasteiger partial charge in [-0.25, -0.2) is 9.97 Å². The third-order valence-corrected chi connectivity index (χ3v) is 3.94. The summed E-state index contributed by atoms with van der Waals surface area (Å²) in [7, 11) is 0. The van der Waals surface area contributed by atoms with Gasteiger partial charge >= 0.3 is 0 Å². The normalized spacial score (nSPS) is 10.6. The first-order chi connectivity index (χ1) is 12.1. The predicted octanol–water partition coefficient (Wildman–Crippen LogP) is 1.89. The Kier molecular flexibility index (Phi) is 4.74. The van der Waals surface area contributed by atoms with Gasteiger partial charge in [-0.2, -0.15) is 0 Å². The molecule has 0 aliphatic carbocycles. The van der Waals surface area contributed by atoms with Crippen LogP contribution in [0.5, 0.6) is 0 Å². The number of hydrogen-bond acceptors (Lipinski definition) is 4. The zero-order valence-electron chi connectivity index (χ0n) is 14.1. The summed E-state index contributed by atoms with van der Waals surface area (Å²) in [5.41, 5.74) is 2.30. The molecule has 1 aromatic carbocycles. The number of imidazole rings is 1.